The maximum absolute atomic E-state index is 12.9. The zero-order valence-corrected chi connectivity index (χ0v) is 24.0. The molecule has 0 saturated carbocycles. The average Bonchev–Trinajstić information content (AvgIpc) is 3.03. The molecule has 0 radical (unpaired) electrons. The second-order valence-corrected chi connectivity index (χ2v) is 14.5. The van der Waals surface area contributed by atoms with E-state index in [4.69, 9.17) is 14.0 Å². The molecule has 3 aliphatic heterocycles. The zero-order valence-electron chi connectivity index (χ0n) is 24.0. The van der Waals surface area contributed by atoms with Gasteiger partial charge >= 0.3 is 13.2 Å². The standard InChI is InChI=1S/C28H52BNO4/c1-24(2,3)28(11,16-12-13-17-29-33-26(7,8)27(9,10)34-29)20-18-21-14-15-22(19-20)30(21)23(31)32-25(4,5)6/h20-22H,12-19H2,1-11H3. The molecule has 3 heterocycles. The van der Waals surface area contributed by atoms with Gasteiger partial charge in [0.25, 0.3) is 0 Å². The summed E-state index contributed by atoms with van der Waals surface area (Å²) < 4.78 is 18.2. The second-order valence-electron chi connectivity index (χ2n) is 14.5. The summed E-state index contributed by atoms with van der Waals surface area (Å²) in [6.07, 6.45) is 8.76. The maximum atomic E-state index is 12.9. The number of nitrogens with zero attached hydrogens (tertiary/aromatic N) is 1. The number of hydrogen-bond acceptors (Lipinski definition) is 4. The third-order valence-corrected chi connectivity index (χ3v) is 9.64. The van der Waals surface area contributed by atoms with Gasteiger partial charge in [0.2, 0.25) is 0 Å². The van der Waals surface area contributed by atoms with Crippen molar-refractivity contribution >= 4 is 13.2 Å². The maximum Gasteiger partial charge on any atom is 0.457 e. The van der Waals surface area contributed by atoms with Crippen molar-refractivity contribution in [3.8, 4) is 0 Å². The van der Waals surface area contributed by atoms with Crippen LogP contribution in [0.5, 0.6) is 0 Å². The summed E-state index contributed by atoms with van der Waals surface area (Å²) in [4.78, 5) is 15.0. The minimum atomic E-state index is -0.440. The van der Waals surface area contributed by atoms with Crippen LogP contribution in [0, 0.1) is 16.7 Å². The summed E-state index contributed by atoms with van der Waals surface area (Å²) in [5.41, 5.74) is -0.512. The normalized spacial score (nSPS) is 30.4. The van der Waals surface area contributed by atoms with Gasteiger partial charge in [0.15, 0.2) is 0 Å². The number of ether oxygens (including phenoxy) is 1. The topological polar surface area (TPSA) is 48.0 Å². The van der Waals surface area contributed by atoms with Crippen molar-refractivity contribution in [2.45, 2.75) is 156 Å². The van der Waals surface area contributed by atoms with Crippen LogP contribution in [0.15, 0.2) is 0 Å². The Hall–Kier alpha value is -0.745. The lowest BCUT2D eigenvalue weighted by atomic mass is 9.55. The summed E-state index contributed by atoms with van der Waals surface area (Å²) in [5.74, 6) is 0.625. The van der Waals surface area contributed by atoms with Crippen molar-refractivity contribution in [3.05, 3.63) is 0 Å². The predicted octanol–water partition coefficient (Wildman–Crippen LogP) is 7.48. The lowest BCUT2D eigenvalue weighted by molar-refractivity contribution is -0.0425. The number of carbonyl (C=O) groups is 1. The molecule has 0 aromatic heterocycles. The highest BCUT2D eigenvalue weighted by atomic mass is 16.7. The molecule has 0 N–H and O–H groups in total. The number of amides is 1. The number of unbranched alkanes of at least 4 members (excludes halogenated alkanes) is 1. The van der Waals surface area contributed by atoms with Gasteiger partial charge in [-0.15, -0.1) is 0 Å². The van der Waals surface area contributed by atoms with Crippen molar-refractivity contribution in [2.24, 2.45) is 16.7 Å². The number of carbonyl (C=O) groups excluding carboxylic acids is 1. The van der Waals surface area contributed by atoms with E-state index in [0.29, 0.717) is 18.0 Å². The summed E-state index contributed by atoms with van der Waals surface area (Å²) in [6.45, 7) is 24.1. The fourth-order valence-electron chi connectivity index (χ4n) is 6.39. The molecule has 3 fully saturated rings. The summed E-state index contributed by atoms with van der Waals surface area (Å²) in [7, 11) is -0.0983. The first kappa shape index (κ1) is 27.8. The largest absolute Gasteiger partial charge is 0.457 e. The van der Waals surface area contributed by atoms with Crippen molar-refractivity contribution in [1.82, 2.24) is 4.90 Å². The fourth-order valence-corrected chi connectivity index (χ4v) is 6.39. The Morgan fingerprint density at radius 2 is 1.41 bits per heavy atom. The molecule has 0 aromatic rings. The molecule has 3 saturated heterocycles. The fraction of sp³-hybridized carbons (Fsp3) is 0.964. The number of rotatable bonds is 6. The van der Waals surface area contributed by atoms with Crippen LogP contribution in [0.2, 0.25) is 6.32 Å². The highest BCUT2D eigenvalue weighted by molar-refractivity contribution is 6.45. The quantitative estimate of drug-likeness (QED) is 0.294. The highest BCUT2D eigenvalue weighted by Gasteiger charge is 2.53. The Morgan fingerprint density at radius 1 is 0.912 bits per heavy atom. The number of piperidine rings is 1. The van der Waals surface area contributed by atoms with Crippen LogP contribution in [0.3, 0.4) is 0 Å². The van der Waals surface area contributed by atoms with Crippen molar-refractivity contribution in [3.63, 3.8) is 0 Å². The first-order valence-corrected chi connectivity index (χ1v) is 13.7. The zero-order chi connectivity index (χ0) is 25.7. The Bertz CT molecular complexity index is 708. The predicted molar refractivity (Wildman–Crippen MR) is 140 cm³/mol. The Kier molecular flexibility index (Phi) is 7.60. The van der Waals surface area contributed by atoms with Crippen molar-refractivity contribution < 1.29 is 18.8 Å². The van der Waals surface area contributed by atoms with E-state index in [-0.39, 0.29) is 35.2 Å². The minimum Gasteiger partial charge on any atom is -0.444 e. The lowest BCUT2D eigenvalue weighted by Crippen LogP contribution is -2.53. The molecule has 34 heavy (non-hydrogen) atoms. The van der Waals surface area contributed by atoms with E-state index < -0.39 is 5.60 Å². The third kappa shape index (κ3) is 5.63. The van der Waals surface area contributed by atoms with Crippen molar-refractivity contribution in [2.75, 3.05) is 0 Å². The number of fused-ring (bicyclic) bond motifs is 2. The van der Waals surface area contributed by atoms with E-state index in [2.05, 4.69) is 60.3 Å². The van der Waals surface area contributed by atoms with Crippen LogP contribution in [0.4, 0.5) is 4.79 Å². The van der Waals surface area contributed by atoms with Crippen LogP contribution >= 0.6 is 0 Å². The molecular weight excluding hydrogens is 425 g/mol. The Labute approximate surface area is 210 Å². The second kappa shape index (κ2) is 9.28. The smallest absolute Gasteiger partial charge is 0.444 e. The van der Waals surface area contributed by atoms with Gasteiger partial charge in [-0.05, 0) is 104 Å². The minimum absolute atomic E-state index is 0.0983. The summed E-state index contributed by atoms with van der Waals surface area (Å²) in [6, 6.07) is 0.648. The van der Waals surface area contributed by atoms with Crippen LogP contribution in [0.1, 0.15) is 121 Å². The Balaban J connectivity index is 1.60. The van der Waals surface area contributed by atoms with E-state index in [9.17, 15) is 4.79 Å². The molecule has 5 nitrogen and oxygen atoms in total. The molecule has 0 spiro atoms. The summed E-state index contributed by atoms with van der Waals surface area (Å²) in [5, 5.41) is 0. The van der Waals surface area contributed by atoms with Gasteiger partial charge in [-0.25, -0.2) is 4.79 Å². The van der Waals surface area contributed by atoms with Gasteiger partial charge < -0.3 is 18.9 Å². The molecule has 2 bridgehead atoms. The van der Waals surface area contributed by atoms with Crippen LogP contribution in [-0.2, 0) is 14.0 Å². The summed E-state index contributed by atoms with van der Waals surface area (Å²) >= 11 is 0. The van der Waals surface area contributed by atoms with Crippen LogP contribution in [0.25, 0.3) is 0 Å². The number of hydrogen-bond donors (Lipinski definition) is 0. The van der Waals surface area contributed by atoms with E-state index in [1.54, 1.807) is 0 Å². The molecule has 3 atom stereocenters. The van der Waals surface area contributed by atoms with E-state index in [1.807, 2.05) is 20.8 Å². The van der Waals surface area contributed by atoms with Gasteiger partial charge in [-0.3, -0.25) is 0 Å². The molecular formula is C28H52BNO4. The first-order chi connectivity index (χ1) is 15.4. The highest BCUT2D eigenvalue weighted by Crippen LogP contribution is 2.55. The van der Waals surface area contributed by atoms with E-state index >= 15 is 0 Å². The van der Waals surface area contributed by atoms with Crippen LogP contribution in [-0.4, -0.2) is 47.0 Å². The molecule has 3 aliphatic rings. The molecule has 0 aliphatic carbocycles. The van der Waals surface area contributed by atoms with Gasteiger partial charge in [-0.2, -0.15) is 0 Å². The molecule has 3 rings (SSSR count). The molecule has 3 unspecified atom stereocenters. The first-order valence-electron chi connectivity index (χ1n) is 13.7. The van der Waals surface area contributed by atoms with Gasteiger partial charge in [0.05, 0.1) is 11.2 Å². The lowest BCUT2D eigenvalue weighted by Gasteiger charge is -2.52. The van der Waals surface area contributed by atoms with Gasteiger partial charge in [-0.1, -0.05) is 40.5 Å². The molecule has 0 aromatic carbocycles. The average molecular weight is 478 g/mol. The van der Waals surface area contributed by atoms with Crippen LogP contribution < -0.4 is 0 Å². The molecule has 1 amide bonds. The monoisotopic (exact) mass is 477 g/mol. The SMILES string of the molecule is CC(C)(C)OC(=O)N1C2CCC1CC(C(C)(CCCCB1OC(C)(C)C(C)(C)O1)C(C)(C)C)C2. The Morgan fingerprint density at radius 3 is 1.85 bits per heavy atom. The van der Waals surface area contributed by atoms with E-state index in [0.717, 1.165) is 38.4 Å². The third-order valence-electron chi connectivity index (χ3n) is 9.64. The van der Waals surface area contributed by atoms with E-state index in [1.165, 1.54) is 12.8 Å². The van der Waals surface area contributed by atoms with Gasteiger partial charge in [0.1, 0.15) is 5.60 Å². The van der Waals surface area contributed by atoms with Gasteiger partial charge in [0, 0.05) is 12.1 Å². The van der Waals surface area contributed by atoms with Crippen molar-refractivity contribution in [1.29, 1.82) is 0 Å². The molecule has 196 valence electrons. The molecule has 6 heteroatoms.